The van der Waals surface area contributed by atoms with Crippen LogP contribution in [-0.2, 0) is 14.6 Å². The Morgan fingerprint density at radius 2 is 2.06 bits per heavy atom. The minimum absolute atomic E-state index is 0.131. The molecule has 0 aliphatic heterocycles. The van der Waals surface area contributed by atoms with Crippen LogP contribution < -0.4 is 5.32 Å². The first-order valence-corrected chi connectivity index (χ1v) is 7.43. The molecule has 1 rings (SSSR count). The van der Waals surface area contributed by atoms with E-state index in [1.807, 2.05) is 0 Å². The molecule has 1 aliphatic carbocycles. The maximum absolute atomic E-state index is 11.2. The van der Waals surface area contributed by atoms with Gasteiger partial charge in [0.15, 0.2) is 0 Å². The smallest absolute Gasteiger partial charge is 0.323 e. The van der Waals surface area contributed by atoms with E-state index in [4.69, 9.17) is 5.11 Å². The molecule has 0 atom stereocenters. The molecule has 1 fully saturated rings. The number of hydrogen-bond acceptors (Lipinski definition) is 4. The van der Waals surface area contributed by atoms with Crippen molar-refractivity contribution in [1.82, 2.24) is 5.32 Å². The SMILES string of the molecule is CCS(=O)(=O)CCCNC1(C(=O)O)CCC1. The van der Waals surface area contributed by atoms with E-state index in [0.29, 0.717) is 25.8 Å². The quantitative estimate of drug-likeness (QED) is 0.638. The third-order valence-electron chi connectivity index (χ3n) is 3.15. The fraction of sp³-hybridized carbons (Fsp3) is 0.900. The highest BCUT2D eigenvalue weighted by atomic mass is 32.2. The molecule has 0 unspecified atom stereocenters. The Morgan fingerprint density at radius 3 is 2.44 bits per heavy atom. The van der Waals surface area contributed by atoms with Crippen LogP contribution in [0.25, 0.3) is 0 Å². The summed E-state index contributed by atoms with van der Waals surface area (Å²) in [5.41, 5.74) is -0.782. The summed E-state index contributed by atoms with van der Waals surface area (Å²) in [7, 11) is -2.93. The lowest BCUT2D eigenvalue weighted by molar-refractivity contribution is -0.148. The van der Waals surface area contributed by atoms with Gasteiger partial charge in [-0.25, -0.2) is 8.42 Å². The molecule has 0 radical (unpaired) electrons. The molecule has 0 saturated heterocycles. The molecule has 5 nitrogen and oxygen atoms in total. The Bertz CT molecular complexity index is 346. The average molecular weight is 249 g/mol. The van der Waals surface area contributed by atoms with Crippen LogP contribution in [0.1, 0.15) is 32.6 Å². The average Bonchev–Trinajstić information content (AvgIpc) is 2.14. The Hall–Kier alpha value is -0.620. The van der Waals surface area contributed by atoms with Crippen LogP contribution in [0, 0.1) is 0 Å². The van der Waals surface area contributed by atoms with Crippen molar-refractivity contribution in [1.29, 1.82) is 0 Å². The predicted molar refractivity (Wildman–Crippen MR) is 61.2 cm³/mol. The first-order chi connectivity index (χ1) is 7.42. The first-order valence-electron chi connectivity index (χ1n) is 5.61. The molecular formula is C10H19NO4S. The summed E-state index contributed by atoms with van der Waals surface area (Å²) < 4.78 is 22.4. The van der Waals surface area contributed by atoms with E-state index in [1.54, 1.807) is 6.92 Å². The summed E-state index contributed by atoms with van der Waals surface area (Å²) >= 11 is 0. The first kappa shape index (κ1) is 13.4. The Labute approximate surface area is 96.1 Å². The van der Waals surface area contributed by atoms with Gasteiger partial charge in [-0.05, 0) is 32.2 Å². The van der Waals surface area contributed by atoms with Crippen LogP contribution >= 0.6 is 0 Å². The summed E-state index contributed by atoms with van der Waals surface area (Å²) in [6.07, 6.45) is 2.68. The molecule has 1 saturated carbocycles. The van der Waals surface area contributed by atoms with Gasteiger partial charge in [-0.2, -0.15) is 0 Å². The van der Waals surface area contributed by atoms with Crippen molar-refractivity contribution < 1.29 is 18.3 Å². The number of hydrogen-bond donors (Lipinski definition) is 2. The number of carboxylic acid groups (broad SMARTS) is 1. The fourth-order valence-electron chi connectivity index (χ4n) is 1.76. The lowest BCUT2D eigenvalue weighted by Crippen LogP contribution is -2.57. The molecule has 0 amide bonds. The molecule has 0 aromatic carbocycles. The van der Waals surface area contributed by atoms with Crippen molar-refractivity contribution in [2.24, 2.45) is 0 Å². The Balaban J connectivity index is 2.28. The van der Waals surface area contributed by atoms with Crippen molar-refractivity contribution in [2.45, 2.75) is 38.1 Å². The summed E-state index contributed by atoms with van der Waals surface area (Å²) in [5.74, 6) is -0.541. The molecule has 0 heterocycles. The van der Waals surface area contributed by atoms with Crippen molar-refractivity contribution in [3.8, 4) is 0 Å². The summed E-state index contributed by atoms with van der Waals surface area (Å²) in [6, 6.07) is 0. The normalized spacial score (nSPS) is 19.1. The highest BCUT2D eigenvalue weighted by Crippen LogP contribution is 2.31. The Morgan fingerprint density at radius 1 is 1.44 bits per heavy atom. The van der Waals surface area contributed by atoms with E-state index >= 15 is 0 Å². The zero-order chi connectivity index (χ0) is 12.2. The summed E-state index contributed by atoms with van der Waals surface area (Å²) in [5, 5.41) is 12.0. The number of carboxylic acids is 1. The molecule has 0 aromatic rings. The maximum atomic E-state index is 11.2. The molecule has 94 valence electrons. The molecule has 6 heteroatoms. The van der Waals surface area contributed by atoms with E-state index < -0.39 is 21.3 Å². The minimum Gasteiger partial charge on any atom is -0.480 e. The minimum atomic E-state index is -2.93. The molecular weight excluding hydrogens is 230 g/mol. The van der Waals surface area contributed by atoms with Gasteiger partial charge in [0, 0.05) is 5.75 Å². The van der Waals surface area contributed by atoms with Crippen LogP contribution in [0.3, 0.4) is 0 Å². The number of carbonyl (C=O) groups is 1. The van der Waals surface area contributed by atoms with Gasteiger partial charge in [0.1, 0.15) is 15.4 Å². The lowest BCUT2D eigenvalue weighted by atomic mass is 9.77. The molecule has 16 heavy (non-hydrogen) atoms. The van der Waals surface area contributed by atoms with Gasteiger partial charge in [-0.15, -0.1) is 0 Å². The lowest BCUT2D eigenvalue weighted by Gasteiger charge is -2.38. The van der Waals surface area contributed by atoms with Crippen molar-refractivity contribution in [3.05, 3.63) is 0 Å². The zero-order valence-electron chi connectivity index (χ0n) is 9.53. The van der Waals surface area contributed by atoms with Crippen molar-refractivity contribution in [3.63, 3.8) is 0 Å². The molecule has 2 N–H and O–H groups in total. The van der Waals surface area contributed by atoms with Gasteiger partial charge in [0.2, 0.25) is 0 Å². The van der Waals surface area contributed by atoms with Gasteiger partial charge in [-0.1, -0.05) is 6.92 Å². The van der Waals surface area contributed by atoms with E-state index in [0.717, 1.165) is 6.42 Å². The second-order valence-corrected chi connectivity index (χ2v) is 6.73. The largest absolute Gasteiger partial charge is 0.480 e. The number of rotatable bonds is 7. The van der Waals surface area contributed by atoms with E-state index in [9.17, 15) is 13.2 Å². The van der Waals surface area contributed by atoms with Gasteiger partial charge < -0.3 is 10.4 Å². The third-order valence-corrected chi connectivity index (χ3v) is 4.94. The van der Waals surface area contributed by atoms with Gasteiger partial charge in [0.05, 0.1) is 5.75 Å². The van der Waals surface area contributed by atoms with Crippen LogP contribution in [0.4, 0.5) is 0 Å². The highest BCUT2D eigenvalue weighted by molar-refractivity contribution is 7.91. The molecule has 0 bridgehead atoms. The third kappa shape index (κ3) is 3.18. The van der Waals surface area contributed by atoms with Crippen molar-refractivity contribution in [2.75, 3.05) is 18.1 Å². The van der Waals surface area contributed by atoms with Crippen LogP contribution in [-0.4, -0.2) is 43.1 Å². The topological polar surface area (TPSA) is 83.5 Å². The number of aliphatic carboxylic acids is 1. The van der Waals surface area contributed by atoms with Crippen LogP contribution in [0.2, 0.25) is 0 Å². The van der Waals surface area contributed by atoms with Gasteiger partial charge in [0.25, 0.3) is 0 Å². The molecule has 1 aliphatic rings. The monoisotopic (exact) mass is 249 g/mol. The number of sulfone groups is 1. The second-order valence-electron chi connectivity index (χ2n) is 4.26. The zero-order valence-corrected chi connectivity index (χ0v) is 10.3. The van der Waals surface area contributed by atoms with Crippen LogP contribution in [0.5, 0.6) is 0 Å². The van der Waals surface area contributed by atoms with Crippen LogP contribution in [0.15, 0.2) is 0 Å². The van der Waals surface area contributed by atoms with Crippen molar-refractivity contribution >= 4 is 15.8 Å². The number of nitrogens with one attached hydrogen (secondary N) is 1. The molecule has 0 aromatic heterocycles. The summed E-state index contributed by atoms with van der Waals surface area (Å²) in [4.78, 5) is 11.0. The predicted octanol–water partition coefficient (Wildman–Crippen LogP) is 0.408. The standard InChI is InChI=1S/C10H19NO4S/c1-2-16(14,15)8-4-7-11-10(9(12)13)5-3-6-10/h11H,2-8H2,1H3,(H,12,13). The van der Waals surface area contributed by atoms with E-state index in [2.05, 4.69) is 5.32 Å². The summed E-state index contributed by atoms with van der Waals surface area (Å²) in [6.45, 7) is 2.07. The van der Waals surface area contributed by atoms with E-state index in [-0.39, 0.29) is 11.5 Å². The van der Waals surface area contributed by atoms with Gasteiger partial charge >= 0.3 is 5.97 Å². The van der Waals surface area contributed by atoms with Gasteiger partial charge in [-0.3, -0.25) is 4.79 Å². The Kier molecular flexibility index (Phi) is 4.32. The highest BCUT2D eigenvalue weighted by Gasteiger charge is 2.43. The molecule has 0 spiro atoms. The van der Waals surface area contributed by atoms with E-state index in [1.165, 1.54) is 0 Å². The maximum Gasteiger partial charge on any atom is 0.323 e. The second kappa shape index (κ2) is 5.14. The fourth-order valence-corrected chi connectivity index (χ4v) is 2.63.